The van der Waals surface area contributed by atoms with Gasteiger partial charge in [-0.1, -0.05) is 6.07 Å². The summed E-state index contributed by atoms with van der Waals surface area (Å²) >= 11 is 0. The lowest BCUT2D eigenvalue weighted by molar-refractivity contribution is -0.0592. The number of ether oxygens (including phenoxy) is 3. The zero-order chi connectivity index (χ0) is 28.9. The summed E-state index contributed by atoms with van der Waals surface area (Å²) in [5, 5.41) is 12.8. The fraction of sp³-hybridized carbons (Fsp3) is 0.419. The van der Waals surface area contributed by atoms with Gasteiger partial charge < -0.3 is 29.2 Å². The van der Waals surface area contributed by atoms with Crippen LogP contribution in [0.3, 0.4) is 0 Å². The molecule has 2 N–H and O–H groups in total. The summed E-state index contributed by atoms with van der Waals surface area (Å²) in [4.78, 5) is 28.9. The summed E-state index contributed by atoms with van der Waals surface area (Å²) in [6.07, 6.45) is 4.69. The highest BCUT2D eigenvalue weighted by Gasteiger charge is 2.26. The first-order valence-electron chi connectivity index (χ1n) is 14.4. The number of carbonyl (C=O) groups excluding carboxylic acids is 1. The number of aromatic hydroxyl groups is 1. The number of pyridine rings is 2. The highest BCUT2D eigenvalue weighted by molar-refractivity contribution is 6.04. The number of methoxy groups -OCH3 is 1. The average molecular weight is 573 g/mol. The van der Waals surface area contributed by atoms with Gasteiger partial charge in [-0.2, -0.15) is 0 Å². The van der Waals surface area contributed by atoms with E-state index in [1.165, 1.54) is 6.20 Å². The lowest BCUT2D eigenvalue weighted by atomic mass is 9.93. The Bertz CT molecular complexity index is 1510. The number of nitrogens with zero attached hydrogens (tertiary/aromatic N) is 5. The van der Waals surface area contributed by atoms with Gasteiger partial charge in [0.2, 0.25) is 11.8 Å². The fourth-order valence-electron chi connectivity index (χ4n) is 5.50. The molecular formula is C31H36N6O5. The Morgan fingerprint density at radius 3 is 2.67 bits per heavy atom. The summed E-state index contributed by atoms with van der Waals surface area (Å²) in [6.45, 7) is 5.00. The zero-order valence-corrected chi connectivity index (χ0v) is 23.7. The number of piperidine rings is 1. The largest absolute Gasteiger partial charge is 0.493 e. The fourth-order valence-corrected chi connectivity index (χ4v) is 5.50. The molecule has 2 aliphatic rings. The van der Waals surface area contributed by atoms with Gasteiger partial charge in [0.05, 0.1) is 42.4 Å². The highest BCUT2D eigenvalue weighted by Crippen LogP contribution is 2.30. The third-order valence-corrected chi connectivity index (χ3v) is 7.93. The van der Waals surface area contributed by atoms with E-state index in [1.807, 2.05) is 30.3 Å². The van der Waals surface area contributed by atoms with Crippen molar-refractivity contribution in [3.63, 3.8) is 0 Å². The molecule has 2 fully saturated rings. The maximum atomic E-state index is 12.9. The van der Waals surface area contributed by atoms with Crippen molar-refractivity contribution in [3.05, 3.63) is 71.8 Å². The lowest BCUT2D eigenvalue weighted by Crippen LogP contribution is -2.35. The number of carbonyl (C=O) groups is 1. The number of anilines is 1. The van der Waals surface area contributed by atoms with E-state index in [0.717, 1.165) is 74.6 Å². The molecule has 2 aliphatic heterocycles. The van der Waals surface area contributed by atoms with E-state index in [4.69, 9.17) is 19.2 Å². The molecule has 0 radical (unpaired) electrons. The van der Waals surface area contributed by atoms with Gasteiger partial charge in [0.1, 0.15) is 12.4 Å². The zero-order valence-electron chi connectivity index (χ0n) is 23.7. The molecule has 1 atom stereocenters. The smallest absolute Gasteiger partial charge is 0.257 e. The van der Waals surface area contributed by atoms with E-state index in [9.17, 15) is 9.90 Å². The maximum absolute atomic E-state index is 12.9. The van der Waals surface area contributed by atoms with Crippen molar-refractivity contribution in [1.29, 1.82) is 0 Å². The molecule has 0 bridgehead atoms. The number of hydrogen-bond donors (Lipinski definition) is 2. The molecular weight excluding hydrogens is 536 g/mol. The SMILES string of the molecule is COCCOc1ccc(C(=O)Nc2ccc3c(c2)nc(CN2CCC(c4cccc(O)n4)CC2)n3CC2CCO2)cn1. The number of likely N-dealkylation sites (tertiary alicyclic amines) is 1. The third kappa shape index (κ3) is 6.53. The number of amides is 1. The third-order valence-electron chi connectivity index (χ3n) is 7.93. The Kier molecular flexibility index (Phi) is 8.59. The molecule has 2 saturated heterocycles. The van der Waals surface area contributed by atoms with Gasteiger partial charge in [0, 0.05) is 49.3 Å². The Hall–Kier alpha value is -4.06. The van der Waals surface area contributed by atoms with Gasteiger partial charge in [-0.15, -0.1) is 0 Å². The van der Waals surface area contributed by atoms with Crippen molar-refractivity contribution in [2.75, 3.05) is 45.3 Å². The Labute approximate surface area is 244 Å². The number of nitrogens with one attached hydrogen (secondary N) is 1. The van der Waals surface area contributed by atoms with Gasteiger partial charge in [0.25, 0.3) is 5.91 Å². The van der Waals surface area contributed by atoms with Crippen LogP contribution in [0.25, 0.3) is 11.0 Å². The van der Waals surface area contributed by atoms with Crippen LogP contribution in [0.5, 0.6) is 11.8 Å². The van der Waals surface area contributed by atoms with Crippen LogP contribution in [0.4, 0.5) is 5.69 Å². The van der Waals surface area contributed by atoms with Gasteiger partial charge in [-0.25, -0.2) is 15.0 Å². The minimum Gasteiger partial charge on any atom is -0.493 e. The molecule has 0 aliphatic carbocycles. The minimum absolute atomic E-state index is 0.0790. The number of fused-ring (bicyclic) bond motifs is 1. The number of hydrogen-bond acceptors (Lipinski definition) is 9. The topological polar surface area (TPSA) is 124 Å². The van der Waals surface area contributed by atoms with Crippen LogP contribution in [0.2, 0.25) is 0 Å². The van der Waals surface area contributed by atoms with Crippen molar-refractivity contribution in [1.82, 2.24) is 24.4 Å². The van der Waals surface area contributed by atoms with Crippen molar-refractivity contribution < 1.29 is 24.1 Å². The van der Waals surface area contributed by atoms with Crippen molar-refractivity contribution >= 4 is 22.6 Å². The van der Waals surface area contributed by atoms with Gasteiger partial charge >= 0.3 is 0 Å². The van der Waals surface area contributed by atoms with Crippen molar-refractivity contribution in [3.8, 4) is 11.8 Å². The molecule has 6 rings (SSSR count). The van der Waals surface area contributed by atoms with E-state index >= 15 is 0 Å². The monoisotopic (exact) mass is 572 g/mol. The predicted molar refractivity (Wildman–Crippen MR) is 157 cm³/mol. The molecule has 11 heteroatoms. The Balaban J connectivity index is 1.14. The number of benzene rings is 1. The summed E-state index contributed by atoms with van der Waals surface area (Å²) < 4.78 is 18.5. The van der Waals surface area contributed by atoms with Gasteiger partial charge in [0.15, 0.2) is 0 Å². The van der Waals surface area contributed by atoms with Crippen LogP contribution in [0.1, 0.15) is 47.1 Å². The molecule has 1 amide bonds. The molecule has 0 spiro atoms. The molecule has 5 heterocycles. The van der Waals surface area contributed by atoms with Crippen LogP contribution in [0.15, 0.2) is 54.7 Å². The van der Waals surface area contributed by atoms with E-state index < -0.39 is 0 Å². The highest BCUT2D eigenvalue weighted by atomic mass is 16.5. The molecule has 11 nitrogen and oxygen atoms in total. The van der Waals surface area contributed by atoms with Crippen molar-refractivity contribution in [2.45, 2.75) is 44.4 Å². The number of rotatable bonds is 11. The maximum Gasteiger partial charge on any atom is 0.257 e. The summed E-state index contributed by atoms with van der Waals surface area (Å²) in [7, 11) is 1.61. The molecule has 1 aromatic carbocycles. The van der Waals surface area contributed by atoms with Crippen LogP contribution in [0, 0.1) is 0 Å². The molecule has 0 saturated carbocycles. The van der Waals surface area contributed by atoms with Crippen LogP contribution in [-0.4, -0.2) is 81.6 Å². The van der Waals surface area contributed by atoms with E-state index in [-0.39, 0.29) is 17.9 Å². The molecule has 42 heavy (non-hydrogen) atoms. The minimum atomic E-state index is -0.253. The van der Waals surface area contributed by atoms with Crippen LogP contribution >= 0.6 is 0 Å². The van der Waals surface area contributed by atoms with Crippen LogP contribution in [-0.2, 0) is 22.6 Å². The Morgan fingerprint density at radius 1 is 1.10 bits per heavy atom. The van der Waals surface area contributed by atoms with Crippen molar-refractivity contribution in [2.24, 2.45) is 0 Å². The quantitative estimate of drug-likeness (QED) is 0.257. The van der Waals surface area contributed by atoms with E-state index in [0.29, 0.717) is 36.3 Å². The Morgan fingerprint density at radius 2 is 1.95 bits per heavy atom. The van der Waals surface area contributed by atoms with Crippen LogP contribution < -0.4 is 10.1 Å². The standard InChI is InChI=1S/C31H36N6O5/c1-40-15-16-42-30-8-5-22(18-32-30)31(39)33-23-6-7-27-26(17-23)34-28(37(27)19-24-11-14-41-24)20-36-12-9-21(10-13-36)25-3-2-4-29(38)35-25/h2-8,17-18,21,24H,9-16,19-20H2,1H3,(H,33,39)(H,35,38). The number of imidazole rings is 1. The van der Waals surface area contributed by atoms with E-state index in [2.05, 4.69) is 24.8 Å². The van der Waals surface area contributed by atoms with Gasteiger partial charge in [-0.3, -0.25) is 9.69 Å². The number of aromatic nitrogens is 4. The first-order valence-corrected chi connectivity index (χ1v) is 14.4. The lowest BCUT2D eigenvalue weighted by Gasteiger charge is -2.32. The first kappa shape index (κ1) is 28.1. The molecule has 4 aromatic rings. The van der Waals surface area contributed by atoms with Gasteiger partial charge in [-0.05, 0) is 62.7 Å². The molecule has 1 unspecified atom stereocenters. The molecule has 3 aromatic heterocycles. The second-order valence-electron chi connectivity index (χ2n) is 10.8. The molecule has 220 valence electrons. The normalized spacial score (nSPS) is 17.7. The first-order chi connectivity index (χ1) is 20.6. The summed E-state index contributed by atoms with van der Waals surface area (Å²) in [5.74, 6) is 1.61. The summed E-state index contributed by atoms with van der Waals surface area (Å²) in [6, 6.07) is 14.7. The second-order valence-corrected chi connectivity index (χ2v) is 10.8. The predicted octanol–water partition coefficient (Wildman–Crippen LogP) is 3.98. The second kappa shape index (κ2) is 12.8. The summed E-state index contributed by atoms with van der Waals surface area (Å²) in [5.41, 5.74) is 3.92. The average Bonchev–Trinajstić information content (AvgIpc) is 3.31. The van der Waals surface area contributed by atoms with E-state index in [1.54, 1.807) is 25.3 Å².